The van der Waals surface area contributed by atoms with Crippen LogP contribution in [0.15, 0.2) is 48.5 Å². The largest absolute Gasteiger partial charge is 0.598 e. The lowest BCUT2D eigenvalue weighted by molar-refractivity contribution is 0.115. The lowest BCUT2D eigenvalue weighted by atomic mass is 10.2. The van der Waals surface area contributed by atoms with Crippen LogP contribution >= 0.6 is 0 Å². The van der Waals surface area contributed by atoms with E-state index in [1.807, 2.05) is 24.3 Å². The molecule has 134 valence electrons. The van der Waals surface area contributed by atoms with Gasteiger partial charge in [0.15, 0.2) is 0 Å². The number of fused-ring (bicyclic) bond motifs is 3. The van der Waals surface area contributed by atoms with E-state index in [1.54, 1.807) is 17.7 Å². The van der Waals surface area contributed by atoms with Crippen molar-refractivity contribution in [3.8, 4) is 0 Å². The number of nitrogens with zero attached hydrogens (tertiary/aromatic N) is 2. The number of benzene rings is 2. The van der Waals surface area contributed by atoms with Crippen LogP contribution in [-0.4, -0.2) is 57.7 Å². The molecule has 0 saturated carbocycles. The first-order valence-corrected chi connectivity index (χ1v) is 9.84. The van der Waals surface area contributed by atoms with Crippen LogP contribution in [0.3, 0.4) is 0 Å². The molecule has 2 unspecified atom stereocenters. The van der Waals surface area contributed by atoms with Gasteiger partial charge in [-0.15, -0.1) is 4.31 Å². The molecule has 2 atom stereocenters. The first-order chi connectivity index (χ1) is 12.1. The molecule has 0 aliphatic heterocycles. The maximum absolute atomic E-state index is 11.9. The van der Waals surface area contributed by atoms with Crippen LogP contribution in [0.4, 0.5) is 0 Å². The Kier molecular flexibility index (Phi) is 5.98. The molecule has 0 amide bonds. The number of methoxy groups -OCH3 is 1. The fraction of sp³-hybridized carbons (Fsp3) is 0.368. The molecule has 6 heteroatoms. The lowest BCUT2D eigenvalue weighted by Gasteiger charge is -2.24. The molecule has 0 bridgehead atoms. The Balaban J connectivity index is 1.86. The van der Waals surface area contributed by atoms with E-state index in [9.17, 15) is 9.66 Å². The van der Waals surface area contributed by atoms with Crippen LogP contribution in [0, 0.1) is 0 Å². The minimum absolute atomic E-state index is 0.341. The van der Waals surface area contributed by atoms with Crippen molar-refractivity contribution in [2.75, 3.05) is 33.1 Å². The molecule has 0 saturated heterocycles. The van der Waals surface area contributed by atoms with Gasteiger partial charge in [0.1, 0.15) is 6.26 Å². The van der Waals surface area contributed by atoms with E-state index in [0.717, 1.165) is 11.0 Å². The minimum Gasteiger partial charge on any atom is -0.598 e. The van der Waals surface area contributed by atoms with Gasteiger partial charge in [0, 0.05) is 40.3 Å². The summed E-state index contributed by atoms with van der Waals surface area (Å²) in [6.45, 7) is 1.81. The molecule has 0 aliphatic carbocycles. The van der Waals surface area contributed by atoms with E-state index in [2.05, 4.69) is 28.8 Å². The zero-order valence-corrected chi connectivity index (χ0v) is 15.4. The predicted molar refractivity (Wildman–Crippen MR) is 103 cm³/mol. The second-order valence-electron chi connectivity index (χ2n) is 6.10. The van der Waals surface area contributed by atoms with Crippen molar-refractivity contribution >= 4 is 33.2 Å². The highest BCUT2D eigenvalue weighted by atomic mass is 32.2. The molecular formula is C19H24N2O3S. The smallest absolute Gasteiger partial charge is 0.115 e. The quantitative estimate of drug-likeness (QED) is 0.627. The normalized spacial score (nSPS) is 14.4. The third-order valence-corrected chi connectivity index (χ3v) is 5.45. The fourth-order valence-electron chi connectivity index (χ4n) is 3.22. The van der Waals surface area contributed by atoms with E-state index >= 15 is 0 Å². The van der Waals surface area contributed by atoms with E-state index in [1.165, 1.54) is 10.8 Å². The lowest BCUT2D eigenvalue weighted by Crippen LogP contribution is -2.40. The Morgan fingerprint density at radius 1 is 1.12 bits per heavy atom. The molecule has 3 aromatic rings. The first-order valence-electron chi connectivity index (χ1n) is 8.33. The topological polar surface area (TPSA) is 60.7 Å². The summed E-state index contributed by atoms with van der Waals surface area (Å²) in [6.07, 6.45) is 1.00. The van der Waals surface area contributed by atoms with Crippen LogP contribution < -0.4 is 0 Å². The van der Waals surface area contributed by atoms with Gasteiger partial charge in [0.05, 0.1) is 32.3 Å². The van der Waals surface area contributed by atoms with Crippen LogP contribution in [0.2, 0.25) is 0 Å². The van der Waals surface area contributed by atoms with Crippen molar-refractivity contribution in [2.24, 2.45) is 0 Å². The number of aliphatic hydroxyl groups is 1. The third-order valence-electron chi connectivity index (χ3n) is 4.40. The van der Waals surface area contributed by atoms with Gasteiger partial charge in [-0.25, -0.2) is 0 Å². The van der Waals surface area contributed by atoms with Gasteiger partial charge in [-0.1, -0.05) is 36.4 Å². The van der Waals surface area contributed by atoms with Crippen molar-refractivity contribution < 1.29 is 14.4 Å². The van der Waals surface area contributed by atoms with Gasteiger partial charge in [0.2, 0.25) is 0 Å². The summed E-state index contributed by atoms with van der Waals surface area (Å²) in [5, 5.41) is 13.0. The summed E-state index contributed by atoms with van der Waals surface area (Å²) in [5.41, 5.74) is 2.20. The van der Waals surface area contributed by atoms with Crippen molar-refractivity contribution in [2.45, 2.75) is 12.6 Å². The van der Waals surface area contributed by atoms with Crippen LogP contribution in [0.25, 0.3) is 21.8 Å². The Labute approximate surface area is 151 Å². The standard InChI is InChI=1S/C19H24N2O3S/c1-24-12-11-20(25(2)23)13-15(22)14-21-18-9-5-3-7-16(18)17-8-4-6-10-19(17)21/h3-10,15,22H,11-14H2,1-2H3. The van der Waals surface area contributed by atoms with Crippen LogP contribution in [0.5, 0.6) is 0 Å². The Morgan fingerprint density at radius 3 is 2.20 bits per heavy atom. The zero-order valence-electron chi connectivity index (χ0n) is 14.6. The third kappa shape index (κ3) is 3.99. The molecule has 25 heavy (non-hydrogen) atoms. The number of ether oxygens (including phenoxy) is 1. The van der Waals surface area contributed by atoms with Crippen LogP contribution in [-0.2, 0) is 22.6 Å². The van der Waals surface area contributed by atoms with Crippen LogP contribution in [0.1, 0.15) is 0 Å². The highest BCUT2D eigenvalue weighted by molar-refractivity contribution is 7.88. The van der Waals surface area contributed by atoms with E-state index < -0.39 is 17.5 Å². The zero-order chi connectivity index (χ0) is 17.8. The van der Waals surface area contributed by atoms with Gasteiger partial charge >= 0.3 is 0 Å². The fourth-order valence-corrected chi connectivity index (χ4v) is 3.94. The van der Waals surface area contributed by atoms with Gasteiger partial charge < -0.3 is 19.0 Å². The summed E-state index contributed by atoms with van der Waals surface area (Å²) in [4.78, 5) is 0. The average molecular weight is 360 g/mol. The Hall–Kier alpha value is -1.57. The highest BCUT2D eigenvalue weighted by Gasteiger charge is 2.21. The Bertz CT molecular complexity index is 781. The summed E-state index contributed by atoms with van der Waals surface area (Å²) in [7, 11) is 1.62. The van der Waals surface area contributed by atoms with E-state index in [-0.39, 0.29) is 0 Å². The van der Waals surface area contributed by atoms with Gasteiger partial charge in [-0.3, -0.25) is 0 Å². The summed E-state index contributed by atoms with van der Waals surface area (Å²) < 4.78 is 20.8. The molecule has 1 aromatic heterocycles. The van der Waals surface area contributed by atoms with Gasteiger partial charge in [-0.2, -0.15) is 0 Å². The van der Waals surface area contributed by atoms with Gasteiger partial charge in [-0.05, 0) is 12.1 Å². The number of para-hydroxylation sites is 2. The predicted octanol–water partition coefficient (Wildman–Crippen LogP) is 2.40. The second-order valence-corrected chi connectivity index (χ2v) is 7.47. The number of hydrogen-bond acceptors (Lipinski definition) is 4. The SMILES string of the molecule is COCCN(CC(O)Cn1c2ccccc2c2ccccc21)[S+](C)[O-]. The summed E-state index contributed by atoms with van der Waals surface area (Å²) >= 11 is -1.14. The molecule has 1 N–H and O–H groups in total. The van der Waals surface area contributed by atoms with Crippen molar-refractivity contribution in [3.05, 3.63) is 48.5 Å². The van der Waals surface area contributed by atoms with E-state index in [4.69, 9.17) is 4.74 Å². The summed E-state index contributed by atoms with van der Waals surface area (Å²) in [6, 6.07) is 16.4. The number of hydrogen-bond donors (Lipinski definition) is 1. The summed E-state index contributed by atoms with van der Waals surface area (Å²) in [5.74, 6) is 0. The number of rotatable bonds is 8. The molecular weight excluding hydrogens is 336 g/mol. The molecule has 5 nitrogen and oxygen atoms in total. The van der Waals surface area contributed by atoms with E-state index in [0.29, 0.717) is 26.2 Å². The molecule has 0 spiro atoms. The minimum atomic E-state index is -1.14. The number of aromatic nitrogens is 1. The molecule has 1 heterocycles. The highest BCUT2D eigenvalue weighted by Crippen LogP contribution is 2.28. The van der Waals surface area contributed by atoms with Crippen molar-refractivity contribution in [1.29, 1.82) is 0 Å². The first kappa shape index (κ1) is 18.2. The number of aliphatic hydroxyl groups excluding tert-OH is 1. The van der Waals surface area contributed by atoms with Crippen molar-refractivity contribution in [3.63, 3.8) is 0 Å². The molecule has 0 radical (unpaired) electrons. The van der Waals surface area contributed by atoms with Crippen molar-refractivity contribution in [1.82, 2.24) is 8.87 Å². The molecule has 2 aromatic carbocycles. The monoisotopic (exact) mass is 360 g/mol. The average Bonchev–Trinajstić information content (AvgIpc) is 2.93. The Morgan fingerprint density at radius 2 is 1.68 bits per heavy atom. The second kappa shape index (κ2) is 8.21. The molecule has 3 rings (SSSR count). The van der Waals surface area contributed by atoms with Gasteiger partial charge in [0.25, 0.3) is 0 Å². The molecule has 0 aliphatic rings. The maximum Gasteiger partial charge on any atom is 0.115 e. The maximum atomic E-state index is 11.9. The molecule has 0 fully saturated rings.